The zero-order valence-electron chi connectivity index (χ0n) is 8.40. The molecule has 1 unspecified atom stereocenters. The second-order valence-corrected chi connectivity index (χ2v) is 4.65. The first-order chi connectivity index (χ1) is 7.19. The molecule has 2 nitrogen and oxygen atoms in total. The topological polar surface area (TPSA) is 44.0 Å². The van der Waals surface area contributed by atoms with E-state index < -0.39 is 5.82 Å². The van der Waals surface area contributed by atoms with Crippen LogP contribution in [0.2, 0.25) is 0 Å². The van der Waals surface area contributed by atoms with Gasteiger partial charge in [0.05, 0.1) is 0 Å². The number of aliphatic hydroxyl groups excluding tert-OH is 1. The molecule has 0 fully saturated rings. The van der Waals surface area contributed by atoms with Crippen molar-refractivity contribution < 1.29 is 9.50 Å². The van der Waals surface area contributed by atoms with Gasteiger partial charge in [-0.05, 0) is 18.6 Å². The Balaban J connectivity index is 2.86. The van der Waals surface area contributed by atoms with Gasteiger partial charge in [-0.15, -0.1) is 11.8 Å². The number of hydrogen-bond donors (Lipinski definition) is 1. The van der Waals surface area contributed by atoms with Crippen LogP contribution in [0.1, 0.15) is 18.9 Å². The van der Waals surface area contributed by atoms with Gasteiger partial charge in [-0.2, -0.15) is 5.26 Å². The molecule has 1 aromatic rings. The summed E-state index contributed by atoms with van der Waals surface area (Å²) in [5.41, 5.74) is 0.0901. The van der Waals surface area contributed by atoms with E-state index in [0.29, 0.717) is 11.3 Å². The van der Waals surface area contributed by atoms with Crippen molar-refractivity contribution >= 4 is 11.8 Å². The van der Waals surface area contributed by atoms with Crippen molar-refractivity contribution in [1.82, 2.24) is 0 Å². The second kappa shape index (κ2) is 5.74. The van der Waals surface area contributed by atoms with Crippen molar-refractivity contribution in [3.8, 4) is 6.07 Å². The highest BCUT2D eigenvalue weighted by atomic mass is 32.2. The fourth-order valence-corrected chi connectivity index (χ4v) is 2.24. The molecule has 0 spiro atoms. The van der Waals surface area contributed by atoms with Crippen LogP contribution in [0.5, 0.6) is 0 Å². The molecule has 0 aliphatic heterocycles. The van der Waals surface area contributed by atoms with Crippen LogP contribution in [0.3, 0.4) is 0 Å². The van der Waals surface area contributed by atoms with Crippen LogP contribution < -0.4 is 0 Å². The molecule has 4 heteroatoms. The predicted octanol–water partition coefficient (Wildman–Crippen LogP) is 2.56. The van der Waals surface area contributed by atoms with Crippen molar-refractivity contribution in [1.29, 1.82) is 5.26 Å². The molecule has 15 heavy (non-hydrogen) atoms. The van der Waals surface area contributed by atoms with Crippen molar-refractivity contribution in [2.24, 2.45) is 0 Å². The summed E-state index contributed by atoms with van der Waals surface area (Å²) in [6.07, 6.45) is 0.631. The summed E-state index contributed by atoms with van der Waals surface area (Å²) in [7, 11) is 0. The Labute approximate surface area is 92.7 Å². The third-order valence-corrected chi connectivity index (χ3v) is 3.18. The molecule has 1 rings (SSSR count). The average molecular weight is 225 g/mol. The Hall–Kier alpha value is -1.05. The maximum absolute atomic E-state index is 13.2. The SMILES string of the molecule is CC(CCO)Sc1cccc(F)c1C#N. The number of halogens is 1. The van der Waals surface area contributed by atoms with Gasteiger partial charge in [0.15, 0.2) is 0 Å². The number of nitrogens with zero attached hydrogens (tertiary/aromatic N) is 1. The van der Waals surface area contributed by atoms with Crippen LogP contribution in [0.25, 0.3) is 0 Å². The smallest absolute Gasteiger partial charge is 0.142 e. The van der Waals surface area contributed by atoms with Crippen molar-refractivity contribution in [3.05, 3.63) is 29.6 Å². The number of aliphatic hydroxyl groups is 1. The summed E-state index contributed by atoms with van der Waals surface area (Å²) < 4.78 is 13.2. The summed E-state index contributed by atoms with van der Waals surface area (Å²) >= 11 is 1.41. The third-order valence-electron chi connectivity index (χ3n) is 1.95. The molecule has 0 aromatic heterocycles. The quantitative estimate of drug-likeness (QED) is 0.801. The van der Waals surface area contributed by atoms with E-state index in [2.05, 4.69) is 0 Å². The summed E-state index contributed by atoms with van der Waals surface area (Å²) in [6, 6.07) is 6.44. The second-order valence-electron chi connectivity index (χ2n) is 3.17. The highest BCUT2D eigenvalue weighted by molar-refractivity contribution is 8.00. The Morgan fingerprint density at radius 2 is 2.33 bits per heavy atom. The number of thioether (sulfide) groups is 1. The summed E-state index contributed by atoms with van der Waals surface area (Å²) in [4.78, 5) is 0.637. The molecule has 0 radical (unpaired) electrons. The minimum absolute atomic E-state index is 0.0901. The van der Waals surface area contributed by atoms with Crippen molar-refractivity contribution in [2.75, 3.05) is 6.61 Å². The average Bonchev–Trinajstić information content (AvgIpc) is 2.18. The number of benzene rings is 1. The molecular formula is C11H12FNOS. The lowest BCUT2D eigenvalue weighted by molar-refractivity contribution is 0.289. The van der Waals surface area contributed by atoms with E-state index in [0.717, 1.165) is 0 Å². The largest absolute Gasteiger partial charge is 0.396 e. The van der Waals surface area contributed by atoms with Crippen LogP contribution in [-0.4, -0.2) is 17.0 Å². The molecule has 1 aromatic carbocycles. The van der Waals surface area contributed by atoms with E-state index in [1.165, 1.54) is 17.8 Å². The maximum Gasteiger partial charge on any atom is 0.142 e. The lowest BCUT2D eigenvalue weighted by Gasteiger charge is -2.10. The normalized spacial score (nSPS) is 12.1. The molecule has 0 saturated carbocycles. The zero-order valence-corrected chi connectivity index (χ0v) is 9.22. The van der Waals surface area contributed by atoms with E-state index >= 15 is 0 Å². The fraction of sp³-hybridized carbons (Fsp3) is 0.364. The molecule has 80 valence electrons. The Bertz CT molecular complexity index is 375. The van der Waals surface area contributed by atoms with Crippen LogP contribution in [0.15, 0.2) is 23.1 Å². The highest BCUT2D eigenvalue weighted by Gasteiger charge is 2.11. The van der Waals surface area contributed by atoms with E-state index in [-0.39, 0.29) is 17.4 Å². The van der Waals surface area contributed by atoms with Gasteiger partial charge >= 0.3 is 0 Å². The molecule has 0 aliphatic rings. The number of hydrogen-bond acceptors (Lipinski definition) is 3. The van der Waals surface area contributed by atoms with Crippen molar-refractivity contribution in [2.45, 2.75) is 23.5 Å². The molecule has 0 saturated heterocycles. The van der Waals surface area contributed by atoms with Gasteiger partial charge in [-0.25, -0.2) is 4.39 Å². The maximum atomic E-state index is 13.2. The van der Waals surface area contributed by atoms with Gasteiger partial charge in [-0.3, -0.25) is 0 Å². The lowest BCUT2D eigenvalue weighted by atomic mass is 10.2. The van der Waals surface area contributed by atoms with Crippen LogP contribution >= 0.6 is 11.8 Å². The van der Waals surface area contributed by atoms with Crippen molar-refractivity contribution in [3.63, 3.8) is 0 Å². The first kappa shape index (κ1) is 12.0. The van der Waals surface area contributed by atoms with E-state index in [1.54, 1.807) is 12.1 Å². The zero-order chi connectivity index (χ0) is 11.3. The monoisotopic (exact) mass is 225 g/mol. The molecule has 0 aliphatic carbocycles. The first-order valence-electron chi connectivity index (χ1n) is 4.65. The Kier molecular flexibility index (Phi) is 4.60. The molecule has 0 heterocycles. The van der Waals surface area contributed by atoms with E-state index in [4.69, 9.17) is 10.4 Å². The number of nitriles is 1. The van der Waals surface area contributed by atoms with Crippen LogP contribution in [-0.2, 0) is 0 Å². The highest BCUT2D eigenvalue weighted by Crippen LogP contribution is 2.29. The minimum atomic E-state index is -0.487. The molecular weight excluding hydrogens is 213 g/mol. The molecule has 0 amide bonds. The minimum Gasteiger partial charge on any atom is -0.396 e. The fourth-order valence-electron chi connectivity index (χ4n) is 1.17. The van der Waals surface area contributed by atoms with Gasteiger partial charge in [-0.1, -0.05) is 13.0 Å². The number of rotatable bonds is 4. The Morgan fingerprint density at radius 3 is 2.93 bits per heavy atom. The van der Waals surface area contributed by atoms with Gasteiger partial charge in [0.2, 0.25) is 0 Å². The standard InChI is InChI=1S/C11H12FNOS/c1-8(5-6-14)15-11-4-2-3-10(12)9(11)7-13/h2-4,8,14H,5-6H2,1H3. The van der Waals surface area contributed by atoms with E-state index in [9.17, 15) is 4.39 Å². The van der Waals surface area contributed by atoms with Crippen LogP contribution in [0, 0.1) is 17.1 Å². The Morgan fingerprint density at radius 1 is 1.60 bits per heavy atom. The van der Waals surface area contributed by atoms with Crippen LogP contribution in [0.4, 0.5) is 4.39 Å². The molecule has 0 bridgehead atoms. The lowest BCUT2D eigenvalue weighted by Crippen LogP contribution is -2.00. The van der Waals surface area contributed by atoms with Gasteiger partial charge in [0.25, 0.3) is 0 Å². The van der Waals surface area contributed by atoms with E-state index in [1.807, 2.05) is 13.0 Å². The van der Waals surface area contributed by atoms with Gasteiger partial charge < -0.3 is 5.11 Å². The summed E-state index contributed by atoms with van der Waals surface area (Å²) in [5, 5.41) is 17.7. The van der Waals surface area contributed by atoms with Gasteiger partial charge in [0, 0.05) is 16.8 Å². The third kappa shape index (κ3) is 3.22. The summed E-state index contributed by atoms with van der Waals surface area (Å²) in [5.74, 6) is -0.487. The molecule has 1 atom stereocenters. The summed E-state index contributed by atoms with van der Waals surface area (Å²) in [6.45, 7) is 2.04. The molecule has 1 N–H and O–H groups in total. The predicted molar refractivity (Wildman–Crippen MR) is 58.1 cm³/mol. The van der Waals surface area contributed by atoms with Gasteiger partial charge in [0.1, 0.15) is 17.4 Å². The first-order valence-corrected chi connectivity index (χ1v) is 5.53.